The molecule has 0 aliphatic heterocycles. The monoisotopic (exact) mass is 208 g/mol. The number of carbonyl (C=O) groups excluding carboxylic acids is 1. The first kappa shape index (κ1) is 12.9. The second-order valence-electron chi connectivity index (χ2n) is 3.70. The van der Waals surface area contributed by atoms with Gasteiger partial charge >= 0.3 is 0 Å². The molecule has 1 atom stereocenters. The standard InChI is InChI=1S/C8H14F2N2O2/c1-8(2,4-12-14)5(6(9)10)7(13)11-3/h5-6H,4H2,1-3H3,(H,11,13). The van der Waals surface area contributed by atoms with Crippen molar-refractivity contribution in [1.29, 1.82) is 0 Å². The zero-order valence-electron chi connectivity index (χ0n) is 8.38. The second kappa shape index (κ2) is 4.97. The van der Waals surface area contributed by atoms with Crippen LogP contribution in [0.15, 0.2) is 5.18 Å². The Bertz CT molecular complexity index is 219. The van der Waals surface area contributed by atoms with Crippen LogP contribution in [0.4, 0.5) is 8.78 Å². The van der Waals surface area contributed by atoms with Crippen LogP contribution in [0.2, 0.25) is 0 Å². The summed E-state index contributed by atoms with van der Waals surface area (Å²) in [7, 11) is 1.28. The van der Waals surface area contributed by atoms with Gasteiger partial charge in [0, 0.05) is 12.5 Å². The zero-order valence-corrected chi connectivity index (χ0v) is 8.38. The van der Waals surface area contributed by atoms with Crippen molar-refractivity contribution in [1.82, 2.24) is 5.32 Å². The molecule has 0 saturated carbocycles. The Balaban J connectivity index is 4.80. The number of amides is 1. The Morgan fingerprint density at radius 2 is 2.00 bits per heavy atom. The number of hydrogen-bond donors (Lipinski definition) is 1. The average molecular weight is 208 g/mol. The van der Waals surface area contributed by atoms with Gasteiger partial charge < -0.3 is 5.32 Å². The molecule has 0 fully saturated rings. The van der Waals surface area contributed by atoms with E-state index in [1.165, 1.54) is 20.9 Å². The Labute approximate surface area is 81.0 Å². The zero-order chi connectivity index (χ0) is 11.4. The molecule has 6 heteroatoms. The van der Waals surface area contributed by atoms with Gasteiger partial charge in [-0.3, -0.25) is 4.79 Å². The third-order valence-electron chi connectivity index (χ3n) is 2.09. The van der Waals surface area contributed by atoms with Crippen LogP contribution in [0.5, 0.6) is 0 Å². The largest absolute Gasteiger partial charge is 0.359 e. The highest BCUT2D eigenvalue weighted by atomic mass is 19.3. The third kappa shape index (κ3) is 3.01. The summed E-state index contributed by atoms with van der Waals surface area (Å²) in [6, 6.07) is 0. The number of nitrogens with zero attached hydrogens (tertiary/aromatic N) is 1. The summed E-state index contributed by atoms with van der Waals surface area (Å²) in [5.41, 5.74) is -1.13. The fourth-order valence-electron chi connectivity index (χ4n) is 1.23. The van der Waals surface area contributed by atoms with Gasteiger partial charge in [-0.05, 0) is 0 Å². The van der Waals surface area contributed by atoms with Crippen LogP contribution >= 0.6 is 0 Å². The van der Waals surface area contributed by atoms with Gasteiger partial charge in [-0.15, -0.1) is 0 Å². The van der Waals surface area contributed by atoms with Gasteiger partial charge in [0.05, 0.1) is 6.54 Å². The van der Waals surface area contributed by atoms with Crippen LogP contribution < -0.4 is 5.32 Å². The molecule has 0 rings (SSSR count). The maximum atomic E-state index is 12.6. The first-order chi connectivity index (χ1) is 6.36. The molecule has 0 aromatic rings. The van der Waals surface area contributed by atoms with E-state index in [1.807, 2.05) is 0 Å². The highest BCUT2D eigenvalue weighted by Crippen LogP contribution is 2.32. The fourth-order valence-corrected chi connectivity index (χ4v) is 1.23. The van der Waals surface area contributed by atoms with Crippen molar-refractivity contribution in [3.8, 4) is 0 Å². The molecule has 0 aromatic heterocycles. The van der Waals surface area contributed by atoms with E-state index in [9.17, 15) is 18.5 Å². The molecule has 0 heterocycles. The Hall–Kier alpha value is -1.07. The lowest BCUT2D eigenvalue weighted by Gasteiger charge is -2.29. The Morgan fingerprint density at radius 1 is 1.50 bits per heavy atom. The molecule has 0 aliphatic carbocycles. The van der Waals surface area contributed by atoms with Crippen molar-refractivity contribution in [3.05, 3.63) is 4.91 Å². The predicted octanol–water partition coefficient (Wildman–Crippen LogP) is 1.41. The summed E-state index contributed by atoms with van der Waals surface area (Å²) >= 11 is 0. The van der Waals surface area contributed by atoms with E-state index >= 15 is 0 Å². The molecule has 82 valence electrons. The van der Waals surface area contributed by atoms with Crippen LogP contribution in [0.3, 0.4) is 0 Å². The first-order valence-corrected chi connectivity index (χ1v) is 4.15. The van der Waals surface area contributed by atoms with Crippen LogP contribution in [0, 0.1) is 16.2 Å². The number of alkyl halides is 2. The van der Waals surface area contributed by atoms with E-state index in [2.05, 4.69) is 10.5 Å². The van der Waals surface area contributed by atoms with Crippen molar-refractivity contribution in [2.45, 2.75) is 20.3 Å². The van der Waals surface area contributed by atoms with Crippen molar-refractivity contribution in [2.75, 3.05) is 13.6 Å². The number of hydrogen-bond acceptors (Lipinski definition) is 3. The molecule has 0 aromatic carbocycles. The Morgan fingerprint density at radius 3 is 2.29 bits per heavy atom. The van der Waals surface area contributed by atoms with Gasteiger partial charge in [0.1, 0.15) is 5.92 Å². The van der Waals surface area contributed by atoms with E-state index in [4.69, 9.17) is 0 Å². The topological polar surface area (TPSA) is 58.5 Å². The Kier molecular flexibility index (Phi) is 4.59. The van der Waals surface area contributed by atoms with Crippen molar-refractivity contribution >= 4 is 5.91 Å². The van der Waals surface area contributed by atoms with E-state index in [0.717, 1.165) is 0 Å². The molecule has 1 amide bonds. The van der Waals surface area contributed by atoms with Gasteiger partial charge in [0.2, 0.25) is 5.91 Å². The number of rotatable bonds is 5. The first-order valence-electron chi connectivity index (χ1n) is 4.15. The molecule has 0 aliphatic rings. The van der Waals surface area contributed by atoms with Crippen LogP contribution in [0.25, 0.3) is 0 Å². The molecular weight excluding hydrogens is 194 g/mol. The summed E-state index contributed by atoms with van der Waals surface area (Å²) in [5, 5.41) is 4.71. The highest BCUT2D eigenvalue weighted by molar-refractivity contribution is 5.79. The van der Waals surface area contributed by atoms with Gasteiger partial charge in [-0.2, -0.15) is 4.91 Å². The van der Waals surface area contributed by atoms with Gasteiger partial charge in [-0.1, -0.05) is 19.0 Å². The summed E-state index contributed by atoms with van der Waals surface area (Å²) in [4.78, 5) is 21.2. The minimum absolute atomic E-state index is 0.310. The van der Waals surface area contributed by atoms with Crippen molar-refractivity contribution < 1.29 is 13.6 Å². The molecule has 1 N–H and O–H groups in total. The lowest BCUT2D eigenvalue weighted by Crippen LogP contribution is -2.43. The summed E-state index contributed by atoms with van der Waals surface area (Å²) in [6.45, 7) is 2.52. The van der Waals surface area contributed by atoms with E-state index in [0.29, 0.717) is 0 Å². The molecular formula is C8H14F2N2O2. The number of carbonyl (C=O) groups is 1. The normalized spacial score (nSPS) is 13.9. The van der Waals surface area contributed by atoms with Gasteiger partial charge in [-0.25, -0.2) is 8.78 Å². The van der Waals surface area contributed by atoms with Crippen LogP contribution in [0.1, 0.15) is 13.8 Å². The molecule has 0 saturated heterocycles. The lowest BCUT2D eigenvalue weighted by atomic mass is 9.78. The van der Waals surface area contributed by atoms with Crippen LogP contribution in [-0.2, 0) is 4.79 Å². The number of halogens is 2. The minimum atomic E-state index is -2.80. The summed E-state index contributed by atoms with van der Waals surface area (Å²) in [5.74, 6) is -2.28. The average Bonchev–Trinajstić information content (AvgIpc) is 2.02. The molecule has 0 spiro atoms. The second-order valence-corrected chi connectivity index (χ2v) is 3.70. The smallest absolute Gasteiger partial charge is 0.250 e. The molecule has 4 nitrogen and oxygen atoms in total. The molecule has 1 unspecified atom stereocenters. The van der Waals surface area contributed by atoms with Crippen molar-refractivity contribution in [3.63, 3.8) is 0 Å². The van der Waals surface area contributed by atoms with E-state index in [1.54, 1.807) is 0 Å². The quantitative estimate of drug-likeness (QED) is 0.694. The molecule has 0 bridgehead atoms. The highest BCUT2D eigenvalue weighted by Gasteiger charge is 2.41. The van der Waals surface area contributed by atoms with Gasteiger partial charge in [0.25, 0.3) is 6.43 Å². The predicted molar refractivity (Wildman–Crippen MR) is 48.0 cm³/mol. The lowest BCUT2D eigenvalue weighted by molar-refractivity contribution is -0.135. The van der Waals surface area contributed by atoms with Crippen LogP contribution in [-0.4, -0.2) is 25.9 Å². The number of nitroso groups, excluding NO2 is 1. The SMILES string of the molecule is CNC(=O)C(C(F)F)C(C)(C)CN=O. The fraction of sp³-hybridized carbons (Fsp3) is 0.875. The molecule has 0 radical (unpaired) electrons. The summed E-state index contributed by atoms with van der Waals surface area (Å²) < 4.78 is 25.1. The third-order valence-corrected chi connectivity index (χ3v) is 2.09. The maximum absolute atomic E-state index is 12.6. The van der Waals surface area contributed by atoms with E-state index in [-0.39, 0.29) is 6.54 Å². The maximum Gasteiger partial charge on any atom is 0.250 e. The van der Waals surface area contributed by atoms with E-state index < -0.39 is 23.7 Å². The molecule has 14 heavy (non-hydrogen) atoms. The minimum Gasteiger partial charge on any atom is -0.359 e. The van der Waals surface area contributed by atoms with Gasteiger partial charge in [0.15, 0.2) is 0 Å². The summed E-state index contributed by atoms with van der Waals surface area (Å²) in [6.07, 6.45) is -2.80. The number of nitrogens with one attached hydrogen (secondary N) is 1. The van der Waals surface area contributed by atoms with Crippen molar-refractivity contribution in [2.24, 2.45) is 16.5 Å².